The lowest BCUT2D eigenvalue weighted by Crippen LogP contribution is -2.32. The highest BCUT2D eigenvalue weighted by molar-refractivity contribution is 6.16. The van der Waals surface area contributed by atoms with Crippen LogP contribution >= 0.6 is 12.4 Å². The van der Waals surface area contributed by atoms with Gasteiger partial charge in [-0.2, -0.15) is 0 Å². The summed E-state index contributed by atoms with van der Waals surface area (Å²) in [4.78, 5) is 5.25. The van der Waals surface area contributed by atoms with Crippen LogP contribution in [-0.4, -0.2) is 23.5 Å². The molecule has 0 amide bonds. The zero-order valence-electron chi connectivity index (χ0n) is 19.3. The van der Waals surface area contributed by atoms with Crippen LogP contribution in [-0.2, 0) is 12.8 Å². The number of nitrogens with zero attached hydrogens (tertiary/aromatic N) is 1. The minimum Gasteiger partial charge on any atom is -0.490 e. The Hall–Kier alpha value is -2.00. The molecule has 4 rings (SSSR count). The molecule has 0 atom stereocenters. The first-order chi connectivity index (χ1) is 13.6. The molecule has 0 spiro atoms. The van der Waals surface area contributed by atoms with Gasteiger partial charge in [-0.3, -0.25) is 4.99 Å². The van der Waals surface area contributed by atoms with Gasteiger partial charge in [0.05, 0.1) is 17.9 Å². The Morgan fingerprint density at radius 3 is 2.30 bits per heavy atom. The molecule has 0 radical (unpaired) electrons. The first-order valence-electron chi connectivity index (χ1n) is 10.8. The maximum atomic E-state index is 6.49. The summed E-state index contributed by atoms with van der Waals surface area (Å²) in [5.74, 6) is 2.23. The van der Waals surface area contributed by atoms with Crippen molar-refractivity contribution in [3.8, 4) is 11.5 Å². The maximum absolute atomic E-state index is 6.49. The van der Waals surface area contributed by atoms with Crippen LogP contribution in [0.2, 0.25) is 0 Å². The van der Waals surface area contributed by atoms with Gasteiger partial charge in [0.15, 0.2) is 11.5 Å². The lowest BCUT2D eigenvalue weighted by atomic mass is 9.76. The number of ether oxygens (including phenoxy) is 2. The second kappa shape index (κ2) is 7.92. The number of aliphatic imine (C=N–C) groups is 1. The van der Waals surface area contributed by atoms with Crippen molar-refractivity contribution >= 4 is 18.1 Å². The molecule has 0 fully saturated rings. The Labute approximate surface area is 187 Å². The van der Waals surface area contributed by atoms with E-state index in [-0.39, 0.29) is 23.5 Å². The molecular formula is C26H34ClNO2. The van der Waals surface area contributed by atoms with Crippen molar-refractivity contribution in [2.45, 2.75) is 78.4 Å². The zero-order chi connectivity index (χ0) is 21.0. The monoisotopic (exact) mass is 427 g/mol. The molecule has 2 aliphatic heterocycles. The summed E-state index contributed by atoms with van der Waals surface area (Å²) in [5.41, 5.74) is 7.09. The third-order valence-corrected chi connectivity index (χ3v) is 5.81. The summed E-state index contributed by atoms with van der Waals surface area (Å²) in [6.07, 6.45) is 1.79. The van der Waals surface area contributed by atoms with E-state index in [0.717, 1.165) is 30.1 Å². The number of rotatable bonds is 4. The Morgan fingerprint density at radius 2 is 1.70 bits per heavy atom. The molecule has 0 saturated carbocycles. The molecule has 0 saturated heterocycles. The Bertz CT molecular complexity index is 975. The standard InChI is InChI=1S/C26H33NO2.ClH/c1-8-28-24-20(16(2)3)18-14-25(4,5)27-22(17-12-10-9-11-13-17)21(18)19-15-26(6,7)29-23(19)24;/h9-13,16H,8,14-15H2,1-7H3;1H. The largest absolute Gasteiger partial charge is 0.490 e. The molecule has 2 aromatic rings. The van der Waals surface area contributed by atoms with E-state index in [1.807, 2.05) is 0 Å². The van der Waals surface area contributed by atoms with Crippen LogP contribution in [0.1, 0.15) is 82.2 Å². The van der Waals surface area contributed by atoms with Gasteiger partial charge < -0.3 is 9.47 Å². The van der Waals surface area contributed by atoms with E-state index < -0.39 is 0 Å². The third kappa shape index (κ3) is 3.85. The highest BCUT2D eigenvalue weighted by atomic mass is 35.5. The van der Waals surface area contributed by atoms with Gasteiger partial charge in [-0.25, -0.2) is 0 Å². The Morgan fingerprint density at radius 1 is 1.03 bits per heavy atom. The summed E-state index contributed by atoms with van der Waals surface area (Å²) in [6.45, 7) is 16.0. The van der Waals surface area contributed by atoms with Crippen molar-refractivity contribution in [2.24, 2.45) is 4.99 Å². The summed E-state index contributed by atoms with van der Waals surface area (Å²) in [7, 11) is 0. The van der Waals surface area contributed by atoms with Crippen LogP contribution < -0.4 is 9.47 Å². The van der Waals surface area contributed by atoms with E-state index in [2.05, 4.69) is 78.8 Å². The quantitative estimate of drug-likeness (QED) is 0.556. The average molecular weight is 428 g/mol. The third-order valence-electron chi connectivity index (χ3n) is 5.81. The highest BCUT2D eigenvalue weighted by Crippen LogP contribution is 2.52. The topological polar surface area (TPSA) is 30.8 Å². The summed E-state index contributed by atoms with van der Waals surface area (Å²) in [6, 6.07) is 10.6. The van der Waals surface area contributed by atoms with E-state index in [1.54, 1.807) is 0 Å². The van der Waals surface area contributed by atoms with Gasteiger partial charge in [-0.05, 0) is 52.5 Å². The molecule has 0 aromatic heterocycles. The van der Waals surface area contributed by atoms with Crippen molar-refractivity contribution < 1.29 is 9.47 Å². The number of hydrogen-bond donors (Lipinski definition) is 0. The lowest BCUT2D eigenvalue weighted by molar-refractivity contribution is 0.132. The van der Waals surface area contributed by atoms with Crippen molar-refractivity contribution in [2.75, 3.05) is 6.61 Å². The van der Waals surface area contributed by atoms with E-state index in [9.17, 15) is 0 Å². The van der Waals surface area contributed by atoms with Gasteiger partial charge in [-0.1, -0.05) is 44.2 Å². The van der Waals surface area contributed by atoms with Crippen LogP contribution in [0.15, 0.2) is 35.3 Å². The van der Waals surface area contributed by atoms with Crippen LogP contribution in [0, 0.1) is 0 Å². The van der Waals surface area contributed by atoms with Crippen molar-refractivity contribution in [3.05, 3.63) is 58.1 Å². The fourth-order valence-corrected chi connectivity index (χ4v) is 4.84. The molecular weight excluding hydrogens is 394 g/mol. The van der Waals surface area contributed by atoms with Gasteiger partial charge in [0, 0.05) is 28.7 Å². The van der Waals surface area contributed by atoms with E-state index in [4.69, 9.17) is 14.5 Å². The second-order valence-corrected chi connectivity index (χ2v) is 9.85. The van der Waals surface area contributed by atoms with Gasteiger partial charge in [0.1, 0.15) is 5.60 Å². The van der Waals surface area contributed by atoms with Crippen molar-refractivity contribution in [1.29, 1.82) is 0 Å². The van der Waals surface area contributed by atoms with Gasteiger partial charge in [-0.15, -0.1) is 12.4 Å². The van der Waals surface area contributed by atoms with Crippen LogP contribution in [0.3, 0.4) is 0 Å². The van der Waals surface area contributed by atoms with Gasteiger partial charge >= 0.3 is 0 Å². The van der Waals surface area contributed by atoms with E-state index in [1.165, 1.54) is 27.8 Å². The molecule has 2 heterocycles. The molecule has 2 aliphatic rings. The van der Waals surface area contributed by atoms with Crippen molar-refractivity contribution in [1.82, 2.24) is 0 Å². The minimum atomic E-state index is -0.244. The van der Waals surface area contributed by atoms with Gasteiger partial charge in [0.25, 0.3) is 0 Å². The Kier molecular flexibility index (Phi) is 5.99. The molecule has 3 nitrogen and oxygen atoms in total. The first-order valence-corrected chi connectivity index (χ1v) is 10.8. The molecule has 2 aromatic carbocycles. The maximum Gasteiger partial charge on any atom is 0.166 e. The van der Waals surface area contributed by atoms with Crippen LogP contribution in [0.5, 0.6) is 11.5 Å². The SMILES string of the molecule is CCOc1c2c(c3c(c1C(C)C)CC(C)(C)N=C3c1ccccc1)CC(C)(C)O2.Cl. The lowest BCUT2D eigenvalue weighted by Gasteiger charge is -2.34. The zero-order valence-corrected chi connectivity index (χ0v) is 20.1. The highest BCUT2D eigenvalue weighted by Gasteiger charge is 2.42. The molecule has 0 N–H and O–H groups in total. The first kappa shape index (κ1) is 22.7. The molecule has 0 bridgehead atoms. The minimum absolute atomic E-state index is 0. The molecule has 0 aliphatic carbocycles. The Balaban J connectivity index is 0.00000256. The fourth-order valence-electron chi connectivity index (χ4n) is 4.84. The molecule has 0 unspecified atom stereocenters. The average Bonchev–Trinajstić information content (AvgIpc) is 2.96. The predicted octanol–water partition coefficient (Wildman–Crippen LogP) is 6.52. The van der Waals surface area contributed by atoms with Gasteiger partial charge in [0.2, 0.25) is 0 Å². The predicted molar refractivity (Wildman–Crippen MR) is 127 cm³/mol. The van der Waals surface area contributed by atoms with E-state index >= 15 is 0 Å². The van der Waals surface area contributed by atoms with Crippen LogP contribution in [0.25, 0.3) is 0 Å². The molecule has 30 heavy (non-hydrogen) atoms. The summed E-state index contributed by atoms with van der Waals surface area (Å²) >= 11 is 0. The number of halogens is 1. The second-order valence-electron chi connectivity index (χ2n) is 9.85. The summed E-state index contributed by atoms with van der Waals surface area (Å²) in [5, 5.41) is 0. The molecule has 4 heteroatoms. The van der Waals surface area contributed by atoms with Crippen molar-refractivity contribution in [3.63, 3.8) is 0 Å². The molecule has 162 valence electrons. The summed E-state index contributed by atoms with van der Waals surface area (Å²) < 4.78 is 12.7. The van der Waals surface area contributed by atoms with E-state index in [0.29, 0.717) is 12.5 Å². The fraction of sp³-hybridized carbons (Fsp3) is 0.500. The smallest absolute Gasteiger partial charge is 0.166 e. The number of fused-ring (bicyclic) bond motifs is 3. The van der Waals surface area contributed by atoms with Crippen LogP contribution in [0.4, 0.5) is 0 Å². The number of benzene rings is 2. The normalized spacial score (nSPS) is 18.1. The number of hydrogen-bond acceptors (Lipinski definition) is 3.